The van der Waals surface area contributed by atoms with Crippen LogP contribution in [0.3, 0.4) is 0 Å². The van der Waals surface area contributed by atoms with Crippen LogP contribution in [0, 0.1) is 0 Å². The molecule has 1 aromatic carbocycles. The van der Waals surface area contributed by atoms with Crippen molar-refractivity contribution in [2.75, 3.05) is 13.1 Å². The molecule has 0 saturated carbocycles. The van der Waals surface area contributed by atoms with Crippen molar-refractivity contribution < 1.29 is 4.79 Å². The van der Waals surface area contributed by atoms with Crippen molar-refractivity contribution in [2.45, 2.75) is 51.5 Å². The van der Waals surface area contributed by atoms with E-state index in [1.54, 1.807) is 0 Å². The Labute approximate surface area is 116 Å². The van der Waals surface area contributed by atoms with Gasteiger partial charge in [-0.1, -0.05) is 56.5 Å². The zero-order chi connectivity index (χ0) is 13.5. The first-order valence-electron chi connectivity index (χ1n) is 7.66. The van der Waals surface area contributed by atoms with E-state index in [-0.39, 0.29) is 6.04 Å². The summed E-state index contributed by atoms with van der Waals surface area (Å²) in [7, 11) is 0. The lowest BCUT2D eigenvalue weighted by atomic mass is 9.96. The third kappa shape index (κ3) is 3.90. The maximum absolute atomic E-state index is 12.7. The summed E-state index contributed by atoms with van der Waals surface area (Å²) in [5.41, 5.74) is 0.870. The second-order valence-corrected chi connectivity index (χ2v) is 5.48. The van der Waals surface area contributed by atoms with E-state index < -0.39 is 0 Å². The fraction of sp³-hybridized carbons (Fsp3) is 0.588. The normalized spacial score (nSPS) is 18.2. The number of ketones is 1. The van der Waals surface area contributed by atoms with Crippen molar-refractivity contribution in [1.82, 2.24) is 4.90 Å². The molecule has 0 amide bonds. The average molecular weight is 259 g/mol. The van der Waals surface area contributed by atoms with Crippen molar-refractivity contribution in [1.29, 1.82) is 0 Å². The van der Waals surface area contributed by atoms with Crippen LogP contribution in [-0.2, 0) is 0 Å². The van der Waals surface area contributed by atoms with Crippen LogP contribution in [0.4, 0.5) is 0 Å². The molecule has 19 heavy (non-hydrogen) atoms. The van der Waals surface area contributed by atoms with E-state index >= 15 is 0 Å². The highest BCUT2D eigenvalue weighted by Crippen LogP contribution is 2.19. The lowest BCUT2D eigenvalue weighted by Crippen LogP contribution is -2.44. The molecule has 1 aliphatic rings. The smallest absolute Gasteiger partial charge is 0.179 e. The highest BCUT2D eigenvalue weighted by Gasteiger charge is 2.27. The van der Waals surface area contributed by atoms with Gasteiger partial charge in [0.1, 0.15) is 0 Å². The van der Waals surface area contributed by atoms with E-state index in [0.29, 0.717) is 5.78 Å². The summed E-state index contributed by atoms with van der Waals surface area (Å²) >= 11 is 0. The second kappa shape index (κ2) is 7.44. The molecule has 0 aliphatic carbocycles. The fourth-order valence-corrected chi connectivity index (χ4v) is 2.90. The Kier molecular flexibility index (Phi) is 5.59. The topological polar surface area (TPSA) is 20.3 Å². The predicted molar refractivity (Wildman–Crippen MR) is 79.5 cm³/mol. The summed E-state index contributed by atoms with van der Waals surface area (Å²) in [6, 6.07) is 9.89. The summed E-state index contributed by atoms with van der Waals surface area (Å²) in [5, 5.41) is 0. The minimum atomic E-state index is 0.0997. The van der Waals surface area contributed by atoms with Crippen molar-refractivity contribution >= 4 is 5.78 Å². The van der Waals surface area contributed by atoms with E-state index in [1.807, 2.05) is 30.3 Å². The van der Waals surface area contributed by atoms with Gasteiger partial charge in [-0.25, -0.2) is 0 Å². The number of rotatable bonds is 6. The molecule has 0 spiro atoms. The first kappa shape index (κ1) is 14.3. The van der Waals surface area contributed by atoms with Gasteiger partial charge in [0, 0.05) is 5.56 Å². The molecule has 2 nitrogen and oxygen atoms in total. The Hall–Kier alpha value is -1.15. The van der Waals surface area contributed by atoms with Crippen LogP contribution in [0.25, 0.3) is 0 Å². The molecule has 1 aliphatic heterocycles. The lowest BCUT2D eigenvalue weighted by Gasteiger charge is -2.33. The molecule has 1 unspecified atom stereocenters. The van der Waals surface area contributed by atoms with Crippen LogP contribution < -0.4 is 0 Å². The summed E-state index contributed by atoms with van der Waals surface area (Å²) in [6.07, 6.45) is 7.10. The van der Waals surface area contributed by atoms with Crippen molar-refractivity contribution in [3.63, 3.8) is 0 Å². The Balaban J connectivity index is 2.09. The molecular formula is C17H25NO. The molecule has 1 aromatic rings. The molecule has 2 rings (SSSR count). The van der Waals surface area contributed by atoms with Crippen molar-refractivity contribution in [3.8, 4) is 0 Å². The number of unbranched alkanes of at least 4 members (excludes halogenated alkanes) is 1. The van der Waals surface area contributed by atoms with E-state index in [4.69, 9.17) is 0 Å². The number of benzene rings is 1. The molecular weight excluding hydrogens is 234 g/mol. The maximum Gasteiger partial charge on any atom is 0.179 e. The van der Waals surface area contributed by atoms with Gasteiger partial charge in [-0.3, -0.25) is 9.69 Å². The van der Waals surface area contributed by atoms with Crippen LogP contribution in [0.2, 0.25) is 0 Å². The molecule has 0 aromatic heterocycles. The van der Waals surface area contributed by atoms with Gasteiger partial charge in [0.25, 0.3) is 0 Å². The monoisotopic (exact) mass is 259 g/mol. The van der Waals surface area contributed by atoms with Crippen LogP contribution in [0.1, 0.15) is 55.8 Å². The van der Waals surface area contributed by atoms with Crippen molar-refractivity contribution in [3.05, 3.63) is 35.9 Å². The minimum Gasteiger partial charge on any atom is -0.293 e. The third-order valence-electron chi connectivity index (χ3n) is 4.02. The van der Waals surface area contributed by atoms with Crippen molar-refractivity contribution in [2.24, 2.45) is 0 Å². The number of hydrogen-bond donors (Lipinski definition) is 0. The van der Waals surface area contributed by atoms with Gasteiger partial charge in [0.05, 0.1) is 6.04 Å². The van der Waals surface area contributed by atoms with Gasteiger partial charge >= 0.3 is 0 Å². The van der Waals surface area contributed by atoms with Gasteiger partial charge in [-0.15, -0.1) is 0 Å². The first-order chi connectivity index (χ1) is 9.33. The Morgan fingerprint density at radius 1 is 1.16 bits per heavy atom. The van der Waals surface area contributed by atoms with E-state index in [2.05, 4.69) is 11.8 Å². The molecule has 1 heterocycles. The summed E-state index contributed by atoms with van der Waals surface area (Å²) in [4.78, 5) is 15.1. The number of carbonyl (C=O) groups excluding carboxylic acids is 1. The van der Waals surface area contributed by atoms with Gasteiger partial charge in [0.2, 0.25) is 0 Å². The molecule has 0 radical (unpaired) electrons. The zero-order valence-electron chi connectivity index (χ0n) is 12.0. The predicted octanol–water partition coefficient (Wildman–Crippen LogP) is 3.91. The van der Waals surface area contributed by atoms with Crippen LogP contribution in [0.15, 0.2) is 30.3 Å². The summed E-state index contributed by atoms with van der Waals surface area (Å²) in [6.45, 7) is 4.38. The van der Waals surface area contributed by atoms with Gasteiger partial charge in [-0.2, -0.15) is 0 Å². The standard InChI is InChI=1S/C17H25NO/c1-2-3-12-16(18-13-8-5-9-14-18)17(19)15-10-6-4-7-11-15/h4,6-7,10-11,16H,2-3,5,8-9,12-14H2,1H3. The van der Waals surface area contributed by atoms with Crippen LogP contribution >= 0.6 is 0 Å². The number of Topliss-reactive ketones (excluding diaryl/α,β-unsaturated/α-hetero) is 1. The van der Waals surface area contributed by atoms with Crippen LogP contribution in [0.5, 0.6) is 0 Å². The first-order valence-corrected chi connectivity index (χ1v) is 7.66. The number of likely N-dealkylation sites (tertiary alicyclic amines) is 1. The number of hydrogen-bond acceptors (Lipinski definition) is 2. The Bertz CT molecular complexity index is 382. The number of nitrogens with zero attached hydrogens (tertiary/aromatic N) is 1. The van der Waals surface area contributed by atoms with Gasteiger partial charge in [-0.05, 0) is 32.4 Å². The second-order valence-electron chi connectivity index (χ2n) is 5.48. The third-order valence-corrected chi connectivity index (χ3v) is 4.02. The highest BCUT2D eigenvalue weighted by molar-refractivity contribution is 6.00. The fourth-order valence-electron chi connectivity index (χ4n) is 2.90. The average Bonchev–Trinajstić information content (AvgIpc) is 2.49. The Morgan fingerprint density at radius 2 is 1.84 bits per heavy atom. The lowest BCUT2D eigenvalue weighted by molar-refractivity contribution is 0.0765. The molecule has 1 fully saturated rings. The molecule has 0 N–H and O–H groups in total. The zero-order valence-corrected chi connectivity index (χ0v) is 12.0. The Morgan fingerprint density at radius 3 is 2.47 bits per heavy atom. The quantitative estimate of drug-likeness (QED) is 0.722. The molecule has 0 bridgehead atoms. The number of piperidine rings is 1. The number of carbonyl (C=O) groups is 1. The van der Waals surface area contributed by atoms with E-state index in [0.717, 1.165) is 37.9 Å². The largest absolute Gasteiger partial charge is 0.293 e. The molecule has 1 saturated heterocycles. The minimum absolute atomic E-state index is 0.0997. The van der Waals surface area contributed by atoms with Gasteiger partial charge < -0.3 is 0 Å². The van der Waals surface area contributed by atoms with E-state index in [1.165, 1.54) is 19.3 Å². The molecule has 104 valence electrons. The SMILES string of the molecule is CCCCC(C(=O)c1ccccc1)N1CCCCC1. The highest BCUT2D eigenvalue weighted by atomic mass is 16.1. The maximum atomic E-state index is 12.7. The van der Waals surface area contributed by atoms with E-state index in [9.17, 15) is 4.79 Å². The van der Waals surface area contributed by atoms with Crippen LogP contribution in [-0.4, -0.2) is 29.8 Å². The summed E-state index contributed by atoms with van der Waals surface area (Å²) in [5.74, 6) is 0.316. The molecule has 2 heteroatoms. The summed E-state index contributed by atoms with van der Waals surface area (Å²) < 4.78 is 0. The molecule has 1 atom stereocenters. The van der Waals surface area contributed by atoms with Gasteiger partial charge in [0.15, 0.2) is 5.78 Å².